The van der Waals surface area contributed by atoms with Crippen molar-refractivity contribution in [2.24, 2.45) is 0 Å². The summed E-state index contributed by atoms with van der Waals surface area (Å²) in [5.41, 5.74) is 0. The van der Waals surface area contributed by atoms with Crippen molar-refractivity contribution in [1.29, 1.82) is 0 Å². The molecule has 0 unspecified atom stereocenters. The third-order valence-corrected chi connectivity index (χ3v) is 4.95. The molecule has 0 fully saturated rings. The Morgan fingerprint density at radius 3 is 1.78 bits per heavy atom. The first-order valence-electron chi connectivity index (χ1n) is 8.61. The third-order valence-electron chi connectivity index (χ3n) is 3.71. The summed E-state index contributed by atoms with van der Waals surface area (Å²) in [7, 11) is -3.44. The van der Waals surface area contributed by atoms with Crippen LogP contribution in [-0.2, 0) is 29.6 Å². The van der Waals surface area contributed by atoms with E-state index in [-0.39, 0.29) is 25.2 Å². The SMILES string of the molecule is CCCCCCCCCCCCS(=O)(=O)Oc1ccccc1.[Zn]. The van der Waals surface area contributed by atoms with Gasteiger partial charge in [-0.25, -0.2) is 0 Å². The topological polar surface area (TPSA) is 43.4 Å². The van der Waals surface area contributed by atoms with Crippen molar-refractivity contribution >= 4 is 10.1 Å². The molecule has 5 heteroatoms. The van der Waals surface area contributed by atoms with Crippen LogP contribution in [0.25, 0.3) is 0 Å². The van der Waals surface area contributed by atoms with Crippen LogP contribution >= 0.6 is 0 Å². The molecule has 1 rings (SSSR count). The van der Waals surface area contributed by atoms with Crippen LogP contribution in [0.3, 0.4) is 0 Å². The van der Waals surface area contributed by atoms with E-state index in [1.54, 1.807) is 24.3 Å². The van der Waals surface area contributed by atoms with Crippen LogP contribution in [0.5, 0.6) is 5.75 Å². The molecule has 0 aliphatic carbocycles. The van der Waals surface area contributed by atoms with Crippen molar-refractivity contribution in [1.82, 2.24) is 0 Å². The van der Waals surface area contributed by atoms with Gasteiger partial charge in [0.15, 0.2) is 0 Å². The minimum atomic E-state index is -3.44. The normalized spacial score (nSPS) is 11.0. The molecule has 0 radical (unpaired) electrons. The first kappa shape index (κ1) is 22.6. The van der Waals surface area contributed by atoms with Gasteiger partial charge in [0.05, 0.1) is 5.75 Å². The average Bonchev–Trinajstić information content (AvgIpc) is 2.49. The van der Waals surface area contributed by atoms with Gasteiger partial charge >= 0.3 is 10.1 Å². The quantitative estimate of drug-likeness (QED) is 0.260. The number of hydrogen-bond acceptors (Lipinski definition) is 3. The van der Waals surface area contributed by atoms with Gasteiger partial charge in [0, 0.05) is 19.5 Å². The summed E-state index contributed by atoms with van der Waals surface area (Å²) in [4.78, 5) is 0. The summed E-state index contributed by atoms with van der Waals surface area (Å²) in [6.07, 6.45) is 11.9. The molecule has 0 N–H and O–H groups in total. The number of unbranched alkanes of at least 4 members (excludes halogenated alkanes) is 9. The largest absolute Gasteiger partial charge is 0.382 e. The summed E-state index contributed by atoms with van der Waals surface area (Å²) < 4.78 is 28.7. The molecule has 1 aromatic carbocycles. The van der Waals surface area contributed by atoms with Crippen molar-refractivity contribution in [2.45, 2.75) is 71.1 Å². The van der Waals surface area contributed by atoms with Gasteiger partial charge in [-0.15, -0.1) is 0 Å². The number of rotatable bonds is 13. The predicted octanol–water partition coefficient (Wildman–Crippen LogP) is 5.31. The van der Waals surface area contributed by atoms with Crippen molar-refractivity contribution in [3.8, 4) is 5.75 Å². The minimum absolute atomic E-state index is 0. The molecule has 0 aromatic heterocycles. The van der Waals surface area contributed by atoms with Crippen molar-refractivity contribution in [3.05, 3.63) is 30.3 Å². The van der Waals surface area contributed by atoms with E-state index in [0.717, 1.165) is 12.8 Å². The van der Waals surface area contributed by atoms with Gasteiger partial charge in [-0.05, 0) is 18.6 Å². The van der Waals surface area contributed by atoms with Crippen molar-refractivity contribution in [2.75, 3.05) is 5.75 Å². The van der Waals surface area contributed by atoms with Gasteiger partial charge in [0.1, 0.15) is 5.75 Å². The second-order valence-electron chi connectivity index (χ2n) is 5.84. The molecule has 0 aliphatic heterocycles. The molecule has 3 nitrogen and oxygen atoms in total. The second-order valence-corrected chi connectivity index (χ2v) is 7.53. The maximum Gasteiger partial charge on any atom is 0.309 e. The van der Waals surface area contributed by atoms with Crippen molar-refractivity contribution < 1.29 is 32.1 Å². The third kappa shape index (κ3) is 12.7. The fourth-order valence-corrected chi connectivity index (χ4v) is 3.48. The molecule has 0 spiro atoms. The zero-order chi connectivity index (χ0) is 16.1. The Labute approximate surface area is 155 Å². The van der Waals surface area contributed by atoms with E-state index in [1.165, 1.54) is 44.9 Å². The molecular formula is C18H30O3SZn. The Hall–Kier alpha value is -0.407. The molecule has 0 atom stereocenters. The van der Waals surface area contributed by atoms with Crippen LogP contribution in [0.15, 0.2) is 30.3 Å². The van der Waals surface area contributed by atoms with Gasteiger partial charge < -0.3 is 4.18 Å². The van der Waals surface area contributed by atoms with Gasteiger partial charge in [-0.2, -0.15) is 8.42 Å². The van der Waals surface area contributed by atoms with Crippen LogP contribution in [0.2, 0.25) is 0 Å². The fourth-order valence-electron chi connectivity index (χ4n) is 2.43. The van der Waals surface area contributed by atoms with Crippen LogP contribution in [0.4, 0.5) is 0 Å². The molecule has 0 amide bonds. The predicted molar refractivity (Wildman–Crippen MR) is 92.7 cm³/mol. The van der Waals surface area contributed by atoms with E-state index >= 15 is 0 Å². The maximum absolute atomic E-state index is 11.8. The van der Waals surface area contributed by atoms with E-state index in [0.29, 0.717) is 12.2 Å². The molecule has 0 heterocycles. The van der Waals surface area contributed by atoms with E-state index in [2.05, 4.69) is 6.92 Å². The molecule has 0 saturated carbocycles. The Morgan fingerprint density at radius 1 is 0.783 bits per heavy atom. The molecule has 23 heavy (non-hydrogen) atoms. The standard InChI is InChI=1S/C18H30O3S.Zn/c1-2-3-4-5-6-7-8-9-10-14-17-22(19,20)21-18-15-12-11-13-16-18;/h11-13,15-16H,2-10,14,17H2,1H3;. The first-order valence-corrected chi connectivity index (χ1v) is 10.2. The van der Waals surface area contributed by atoms with Crippen LogP contribution < -0.4 is 4.18 Å². The van der Waals surface area contributed by atoms with Crippen LogP contribution in [0.1, 0.15) is 71.1 Å². The van der Waals surface area contributed by atoms with Crippen molar-refractivity contribution in [3.63, 3.8) is 0 Å². The Balaban J connectivity index is 0.00000484. The van der Waals surface area contributed by atoms with Gasteiger partial charge in [-0.1, -0.05) is 82.9 Å². The number of para-hydroxylation sites is 1. The molecular weight excluding hydrogens is 362 g/mol. The van der Waals surface area contributed by atoms with Gasteiger partial charge in [0.2, 0.25) is 0 Å². The Kier molecular flexibility index (Phi) is 13.7. The fraction of sp³-hybridized carbons (Fsp3) is 0.667. The Morgan fingerprint density at radius 2 is 1.26 bits per heavy atom. The average molecular weight is 392 g/mol. The van der Waals surface area contributed by atoms with E-state index in [9.17, 15) is 8.42 Å². The first-order chi connectivity index (χ1) is 10.6. The molecule has 1 aromatic rings. The molecule has 0 aliphatic rings. The number of hydrogen-bond donors (Lipinski definition) is 0. The monoisotopic (exact) mass is 390 g/mol. The van der Waals surface area contributed by atoms with Crippen LogP contribution in [-0.4, -0.2) is 14.2 Å². The van der Waals surface area contributed by atoms with Gasteiger partial charge in [0.25, 0.3) is 0 Å². The maximum atomic E-state index is 11.8. The zero-order valence-electron chi connectivity index (χ0n) is 14.5. The summed E-state index contributed by atoms with van der Waals surface area (Å²) in [6.45, 7) is 2.23. The molecule has 0 saturated heterocycles. The summed E-state index contributed by atoms with van der Waals surface area (Å²) >= 11 is 0. The number of benzene rings is 1. The summed E-state index contributed by atoms with van der Waals surface area (Å²) in [5, 5.41) is 0. The smallest absolute Gasteiger partial charge is 0.309 e. The van der Waals surface area contributed by atoms with Crippen LogP contribution in [0, 0.1) is 0 Å². The van der Waals surface area contributed by atoms with Gasteiger partial charge in [-0.3, -0.25) is 0 Å². The molecule has 128 valence electrons. The second kappa shape index (κ2) is 14.0. The van der Waals surface area contributed by atoms with E-state index in [4.69, 9.17) is 4.18 Å². The Bertz CT molecular complexity index is 474. The summed E-state index contributed by atoms with van der Waals surface area (Å²) in [6, 6.07) is 8.70. The molecule has 0 bridgehead atoms. The minimum Gasteiger partial charge on any atom is -0.382 e. The van der Waals surface area contributed by atoms with E-state index in [1.807, 2.05) is 6.07 Å². The summed E-state index contributed by atoms with van der Waals surface area (Å²) in [5.74, 6) is 0.507. The van der Waals surface area contributed by atoms with E-state index < -0.39 is 10.1 Å². The zero-order valence-corrected chi connectivity index (χ0v) is 18.3.